The predicted molar refractivity (Wildman–Crippen MR) is 129 cm³/mol. The smallest absolute Gasteiger partial charge is 0.355 e. The van der Waals surface area contributed by atoms with Crippen LogP contribution in [0.3, 0.4) is 0 Å². The Balaban J connectivity index is 1.41. The fraction of sp³-hybridized carbons (Fsp3) is 0. The van der Waals surface area contributed by atoms with Crippen molar-refractivity contribution in [3.8, 4) is 11.4 Å². The largest absolute Gasteiger partial charge is 0.439 e. The van der Waals surface area contributed by atoms with Gasteiger partial charge in [-0.2, -0.15) is 0 Å². The fourth-order valence-corrected chi connectivity index (χ4v) is 4.75. The molecule has 3 N–H and O–H groups in total. The molecule has 14 heteroatoms. The van der Waals surface area contributed by atoms with Crippen LogP contribution in [0.5, 0.6) is 0 Å². The number of carbonyl (C=O) groups is 1. The Kier molecular flexibility index (Phi) is 5.89. The number of sulfonamides is 1. The third-order valence-corrected chi connectivity index (χ3v) is 6.88. The molecule has 36 heavy (non-hydrogen) atoms. The highest BCUT2D eigenvalue weighted by Crippen LogP contribution is 2.30. The van der Waals surface area contributed by atoms with E-state index in [0.717, 1.165) is 24.3 Å². The number of amides is 1. The van der Waals surface area contributed by atoms with E-state index < -0.39 is 27.5 Å². The monoisotopic (exact) mass is 573 g/mol. The molecule has 0 aliphatic rings. The Hall–Kier alpha value is -4.30. The fourth-order valence-electron chi connectivity index (χ4n) is 3.34. The average molecular weight is 574 g/mol. The normalized spacial score (nSPS) is 11.5. The van der Waals surface area contributed by atoms with Crippen LogP contribution in [0.25, 0.3) is 22.4 Å². The number of H-pyrrole nitrogens is 1. The van der Waals surface area contributed by atoms with Gasteiger partial charge in [0.1, 0.15) is 5.82 Å². The standard InChI is InChI=1S/C22H13BrFN5O6S/c23-11-1-8-17(16(9-11)20-26-22(31)35-28-20)25-21(30)19-15-7-4-13(10-18(15)34-27-19)29-36(32,33)14-5-2-12(24)3-6-14/h1-10,29H,(H,25,30)(H,26,28,31). The van der Waals surface area contributed by atoms with Crippen molar-refractivity contribution < 1.29 is 26.6 Å². The number of hydrogen-bond donors (Lipinski definition) is 3. The van der Waals surface area contributed by atoms with Crippen LogP contribution in [0.4, 0.5) is 15.8 Å². The number of nitrogens with one attached hydrogen (secondary N) is 3. The number of aromatic nitrogens is 3. The quantitative estimate of drug-likeness (QED) is 0.273. The van der Waals surface area contributed by atoms with Gasteiger partial charge >= 0.3 is 5.76 Å². The minimum absolute atomic E-state index is 0.0551. The molecular weight excluding hydrogens is 561 g/mol. The molecule has 1 amide bonds. The second kappa shape index (κ2) is 9.05. The molecular formula is C22H13BrFN5O6S. The molecule has 0 saturated carbocycles. The summed E-state index contributed by atoms with van der Waals surface area (Å²) in [5.41, 5.74) is 0.943. The Bertz CT molecular complexity index is 1780. The molecule has 0 saturated heterocycles. The molecule has 0 fully saturated rings. The number of anilines is 2. The van der Waals surface area contributed by atoms with Gasteiger partial charge in [0.2, 0.25) is 0 Å². The first-order valence-corrected chi connectivity index (χ1v) is 12.3. The highest BCUT2D eigenvalue weighted by Gasteiger charge is 2.21. The number of carbonyl (C=O) groups excluding carboxylic acids is 1. The summed E-state index contributed by atoms with van der Waals surface area (Å²) >= 11 is 3.33. The van der Waals surface area contributed by atoms with Crippen molar-refractivity contribution in [3.05, 3.63) is 87.2 Å². The van der Waals surface area contributed by atoms with Crippen molar-refractivity contribution in [3.63, 3.8) is 0 Å². The maximum atomic E-state index is 13.1. The third-order valence-electron chi connectivity index (χ3n) is 4.99. The van der Waals surface area contributed by atoms with Crippen LogP contribution < -0.4 is 15.8 Å². The number of nitrogens with zero attached hydrogens (tertiary/aromatic N) is 2. The second-order valence-electron chi connectivity index (χ2n) is 7.39. The molecule has 0 bridgehead atoms. The van der Waals surface area contributed by atoms with Crippen molar-refractivity contribution in [2.45, 2.75) is 4.90 Å². The van der Waals surface area contributed by atoms with Gasteiger partial charge in [-0.15, -0.1) is 0 Å². The van der Waals surface area contributed by atoms with Crippen molar-refractivity contribution in [1.82, 2.24) is 15.3 Å². The van der Waals surface area contributed by atoms with Crippen LogP contribution in [0.1, 0.15) is 10.5 Å². The molecule has 2 heterocycles. The predicted octanol–water partition coefficient (Wildman–Crippen LogP) is 4.13. The summed E-state index contributed by atoms with van der Waals surface area (Å²) < 4.78 is 51.1. The van der Waals surface area contributed by atoms with Gasteiger partial charge in [0.25, 0.3) is 15.9 Å². The van der Waals surface area contributed by atoms with E-state index in [1.807, 2.05) is 0 Å². The zero-order valence-electron chi connectivity index (χ0n) is 17.8. The van der Waals surface area contributed by atoms with Gasteiger partial charge < -0.3 is 9.84 Å². The lowest BCUT2D eigenvalue weighted by atomic mass is 10.1. The molecule has 11 nitrogen and oxygen atoms in total. The van der Waals surface area contributed by atoms with E-state index in [1.54, 1.807) is 18.2 Å². The summed E-state index contributed by atoms with van der Waals surface area (Å²) in [6.45, 7) is 0. The van der Waals surface area contributed by atoms with Gasteiger partial charge in [-0.05, 0) is 54.6 Å². The van der Waals surface area contributed by atoms with Crippen LogP contribution in [-0.4, -0.2) is 29.6 Å². The molecule has 182 valence electrons. The van der Waals surface area contributed by atoms with Crippen molar-refractivity contribution >= 4 is 54.2 Å². The number of aromatic amines is 1. The van der Waals surface area contributed by atoms with Crippen LogP contribution in [0.2, 0.25) is 0 Å². The molecule has 0 spiro atoms. The number of rotatable bonds is 6. The number of benzene rings is 3. The first kappa shape index (κ1) is 23.4. The van der Waals surface area contributed by atoms with E-state index in [2.05, 4.69) is 45.8 Å². The van der Waals surface area contributed by atoms with Crippen LogP contribution in [-0.2, 0) is 10.0 Å². The van der Waals surface area contributed by atoms with E-state index in [4.69, 9.17) is 4.52 Å². The summed E-state index contributed by atoms with van der Waals surface area (Å²) in [4.78, 5) is 26.6. The van der Waals surface area contributed by atoms with Gasteiger partial charge in [0.05, 0.1) is 21.7 Å². The maximum absolute atomic E-state index is 13.1. The highest BCUT2D eigenvalue weighted by atomic mass is 79.9. The van der Waals surface area contributed by atoms with Crippen molar-refractivity contribution in [2.75, 3.05) is 10.0 Å². The number of halogens is 2. The van der Waals surface area contributed by atoms with E-state index >= 15 is 0 Å². The van der Waals surface area contributed by atoms with Gasteiger partial charge in [-0.25, -0.2) is 17.6 Å². The number of fused-ring (bicyclic) bond motifs is 1. The Morgan fingerprint density at radius 1 is 1.00 bits per heavy atom. The van der Waals surface area contributed by atoms with E-state index in [0.29, 0.717) is 21.1 Å². The topological polar surface area (TPSA) is 160 Å². The molecule has 3 aromatic carbocycles. The van der Waals surface area contributed by atoms with Gasteiger partial charge in [-0.1, -0.05) is 26.2 Å². The van der Waals surface area contributed by atoms with E-state index in [9.17, 15) is 22.4 Å². The zero-order chi connectivity index (χ0) is 25.4. The summed E-state index contributed by atoms with van der Waals surface area (Å²) in [7, 11) is -3.98. The molecule has 0 unspecified atom stereocenters. The Morgan fingerprint density at radius 2 is 1.78 bits per heavy atom. The van der Waals surface area contributed by atoms with Crippen LogP contribution in [0, 0.1) is 5.82 Å². The summed E-state index contributed by atoms with van der Waals surface area (Å²) in [5, 5.41) is 10.5. The van der Waals surface area contributed by atoms with E-state index in [1.165, 1.54) is 18.2 Å². The Labute approximate surface area is 209 Å². The summed E-state index contributed by atoms with van der Waals surface area (Å²) in [5.74, 6) is -1.83. The molecule has 0 aliphatic carbocycles. The van der Waals surface area contributed by atoms with Crippen molar-refractivity contribution in [2.24, 2.45) is 0 Å². The minimum Gasteiger partial charge on any atom is -0.355 e. The first-order chi connectivity index (χ1) is 17.2. The lowest BCUT2D eigenvalue weighted by molar-refractivity contribution is 0.102. The minimum atomic E-state index is -3.98. The molecule has 0 radical (unpaired) electrons. The molecule has 5 rings (SSSR count). The lowest BCUT2D eigenvalue weighted by Crippen LogP contribution is -2.14. The molecule has 5 aromatic rings. The van der Waals surface area contributed by atoms with Crippen LogP contribution >= 0.6 is 15.9 Å². The molecule has 0 aliphatic heterocycles. The lowest BCUT2D eigenvalue weighted by Gasteiger charge is -2.09. The molecule has 0 atom stereocenters. The average Bonchev–Trinajstić information content (AvgIpc) is 3.46. The van der Waals surface area contributed by atoms with Gasteiger partial charge in [-0.3, -0.25) is 19.0 Å². The maximum Gasteiger partial charge on any atom is 0.439 e. The zero-order valence-corrected chi connectivity index (χ0v) is 20.2. The van der Waals surface area contributed by atoms with Gasteiger partial charge in [0, 0.05) is 16.1 Å². The number of hydrogen-bond acceptors (Lipinski definition) is 8. The van der Waals surface area contributed by atoms with Crippen LogP contribution in [0.15, 0.2) is 83.9 Å². The van der Waals surface area contributed by atoms with Crippen molar-refractivity contribution in [1.29, 1.82) is 0 Å². The third kappa shape index (κ3) is 4.63. The first-order valence-electron chi connectivity index (χ1n) is 10.0. The molecule has 2 aromatic heterocycles. The second-order valence-corrected chi connectivity index (χ2v) is 9.99. The van der Waals surface area contributed by atoms with E-state index in [-0.39, 0.29) is 27.7 Å². The highest BCUT2D eigenvalue weighted by molar-refractivity contribution is 9.10. The Morgan fingerprint density at radius 3 is 2.50 bits per heavy atom. The SMILES string of the molecule is O=C(Nc1ccc(Br)cc1-c1noc(=O)[nH]1)c1noc2cc(NS(=O)(=O)c3ccc(F)cc3)ccc12. The summed E-state index contributed by atoms with van der Waals surface area (Å²) in [6, 6.07) is 13.5. The summed E-state index contributed by atoms with van der Waals surface area (Å²) in [6.07, 6.45) is 0. The van der Waals surface area contributed by atoms with Gasteiger partial charge in [0.15, 0.2) is 17.1 Å².